The highest BCUT2D eigenvalue weighted by molar-refractivity contribution is 5.79. The summed E-state index contributed by atoms with van der Waals surface area (Å²) in [4.78, 5) is 13.9. The fraction of sp³-hybridized carbons (Fsp3) is 0.643. The summed E-state index contributed by atoms with van der Waals surface area (Å²) in [6, 6.07) is 0.0748. The third-order valence-electron chi connectivity index (χ3n) is 3.60. The summed E-state index contributed by atoms with van der Waals surface area (Å²) in [5.41, 5.74) is 0. The number of nitrogens with one attached hydrogen (secondary N) is 1. The van der Waals surface area contributed by atoms with Crippen molar-refractivity contribution in [3.8, 4) is 0 Å². The molecule has 0 aromatic carbocycles. The number of carbonyl (C=O) groups excluding carboxylic acids is 1. The van der Waals surface area contributed by atoms with Gasteiger partial charge in [0.15, 0.2) is 0 Å². The number of hydrogen-bond acceptors (Lipinski definition) is 3. The monoisotopic (exact) mass is 262 g/mol. The zero-order valence-electron chi connectivity index (χ0n) is 11.6. The number of hydrogen-bond donors (Lipinski definition) is 1. The molecule has 0 spiro atoms. The minimum Gasteiger partial charge on any atom is -0.351 e. The van der Waals surface area contributed by atoms with Crippen LogP contribution in [0.5, 0.6) is 0 Å². The quantitative estimate of drug-likeness (QED) is 0.823. The van der Waals surface area contributed by atoms with Gasteiger partial charge in [-0.3, -0.25) is 4.79 Å². The van der Waals surface area contributed by atoms with Gasteiger partial charge in [0.1, 0.15) is 0 Å². The van der Waals surface area contributed by atoms with Crippen LogP contribution in [0.1, 0.15) is 33.1 Å². The maximum atomic E-state index is 12.2. The Hall–Kier alpha value is -1.65. The van der Waals surface area contributed by atoms with E-state index in [1.807, 2.05) is 0 Å². The summed E-state index contributed by atoms with van der Waals surface area (Å²) in [6.45, 7) is 4.84. The summed E-state index contributed by atoms with van der Waals surface area (Å²) < 4.78 is 0. The SMILES string of the molecule is CC(C)C(Cn1nccn1)NC(=O)C1CC=CCC1. The molecule has 1 heterocycles. The van der Waals surface area contributed by atoms with Crippen LogP contribution in [0.25, 0.3) is 0 Å². The van der Waals surface area contributed by atoms with Crippen molar-refractivity contribution in [1.29, 1.82) is 0 Å². The van der Waals surface area contributed by atoms with E-state index < -0.39 is 0 Å². The van der Waals surface area contributed by atoms with Gasteiger partial charge in [-0.05, 0) is 25.2 Å². The molecule has 0 fully saturated rings. The molecule has 2 unspecified atom stereocenters. The first kappa shape index (κ1) is 13.8. The summed E-state index contributed by atoms with van der Waals surface area (Å²) in [5, 5.41) is 11.4. The van der Waals surface area contributed by atoms with E-state index in [-0.39, 0.29) is 17.9 Å². The first-order chi connectivity index (χ1) is 9.16. The molecule has 0 saturated heterocycles. The minimum atomic E-state index is 0.0748. The van der Waals surface area contributed by atoms with E-state index >= 15 is 0 Å². The summed E-state index contributed by atoms with van der Waals surface area (Å²) in [6.07, 6.45) is 10.4. The maximum absolute atomic E-state index is 12.2. The number of rotatable bonds is 5. The molecule has 0 aliphatic heterocycles. The topological polar surface area (TPSA) is 59.8 Å². The number of aromatic nitrogens is 3. The first-order valence-corrected chi connectivity index (χ1v) is 6.96. The van der Waals surface area contributed by atoms with Gasteiger partial charge in [-0.15, -0.1) is 0 Å². The fourth-order valence-electron chi connectivity index (χ4n) is 2.27. The second-order valence-electron chi connectivity index (χ2n) is 5.42. The lowest BCUT2D eigenvalue weighted by molar-refractivity contribution is -0.126. The molecule has 0 bridgehead atoms. The van der Waals surface area contributed by atoms with Crippen LogP contribution in [0.3, 0.4) is 0 Å². The van der Waals surface area contributed by atoms with Crippen LogP contribution in [0.15, 0.2) is 24.5 Å². The van der Waals surface area contributed by atoms with Crippen molar-refractivity contribution >= 4 is 5.91 Å². The van der Waals surface area contributed by atoms with Crippen molar-refractivity contribution in [3.05, 3.63) is 24.5 Å². The lowest BCUT2D eigenvalue weighted by Crippen LogP contribution is -2.44. The Balaban J connectivity index is 1.92. The number of nitrogens with zero attached hydrogens (tertiary/aromatic N) is 3. The number of carbonyl (C=O) groups is 1. The van der Waals surface area contributed by atoms with Gasteiger partial charge in [0, 0.05) is 5.92 Å². The second kappa shape index (κ2) is 6.50. The van der Waals surface area contributed by atoms with Crippen LogP contribution in [-0.2, 0) is 11.3 Å². The van der Waals surface area contributed by atoms with Gasteiger partial charge in [0.25, 0.3) is 0 Å². The van der Waals surface area contributed by atoms with E-state index in [0.717, 1.165) is 19.3 Å². The molecule has 1 aliphatic carbocycles. The molecule has 0 saturated carbocycles. The van der Waals surface area contributed by atoms with Crippen LogP contribution < -0.4 is 5.32 Å². The first-order valence-electron chi connectivity index (χ1n) is 6.96. The average Bonchev–Trinajstić information content (AvgIpc) is 2.91. The van der Waals surface area contributed by atoms with E-state index in [2.05, 4.69) is 41.5 Å². The summed E-state index contributed by atoms with van der Waals surface area (Å²) in [7, 11) is 0. The van der Waals surface area contributed by atoms with Crippen LogP contribution in [0.4, 0.5) is 0 Å². The highest BCUT2D eigenvalue weighted by Crippen LogP contribution is 2.18. The van der Waals surface area contributed by atoms with Gasteiger partial charge in [0.05, 0.1) is 25.0 Å². The molecule has 1 aromatic rings. The molecule has 5 heteroatoms. The lowest BCUT2D eigenvalue weighted by Gasteiger charge is -2.25. The van der Waals surface area contributed by atoms with Gasteiger partial charge in [-0.25, -0.2) is 0 Å². The van der Waals surface area contributed by atoms with Gasteiger partial charge in [-0.2, -0.15) is 15.0 Å². The molecule has 19 heavy (non-hydrogen) atoms. The number of allylic oxidation sites excluding steroid dienone is 2. The van der Waals surface area contributed by atoms with Crippen LogP contribution in [0.2, 0.25) is 0 Å². The minimum absolute atomic E-state index is 0.0748. The molecule has 2 atom stereocenters. The lowest BCUT2D eigenvalue weighted by atomic mass is 9.92. The van der Waals surface area contributed by atoms with Crippen LogP contribution in [-0.4, -0.2) is 26.9 Å². The predicted octanol–water partition coefficient (Wildman–Crippen LogP) is 1.78. The van der Waals surface area contributed by atoms with Crippen LogP contribution >= 0.6 is 0 Å². The molecule has 2 rings (SSSR count). The van der Waals surface area contributed by atoms with E-state index in [9.17, 15) is 4.79 Å². The molecular formula is C14H22N4O. The Labute approximate surface area is 114 Å². The smallest absolute Gasteiger partial charge is 0.223 e. The molecule has 0 radical (unpaired) electrons. The highest BCUT2D eigenvalue weighted by atomic mass is 16.1. The van der Waals surface area contributed by atoms with E-state index in [1.54, 1.807) is 17.2 Å². The van der Waals surface area contributed by atoms with E-state index in [0.29, 0.717) is 12.5 Å². The van der Waals surface area contributed by atoms with Crippen molar-refractivity contribution in [2.75, 3.05) is 0 Å². The Morgan fingerprint density at radius 3 is 2.68 bits per heavy atom. The zero-order valence-corrected chi connectivity index (χ0v) is 11.6. The molecule has 104 valence electrons. The Morgan fingerprint density at radius 1 is 1.37 bits per heavy atom. The molecule has 1 aromatic heterocycles. The summed E-state index contributed by atoms with van der Waals surface area (Å²) in [5.74, 6) is 0.640. The molecule has 1 aliphatic rings. The molecule has 1 amide bonds. The van der Waals surface area contributed by atoms with E-state index in [1.165, 1.54) is 0 Å². The van der Waals surface area contributed by atoms with Gasteiger partial charge in [-0.1, -0.05) is 26.0 Å². The summed E-state index contributed by atoms with van der Waals surface area (Å²) >= 11 is 0. The van der Waals surface area contributed by atoms with Gasteiger partial charge >= 0.3 is 0 Å². The van der Waals surface area contributed by atoms with Crippen molar-refractivity contribution in [2.45, 2.75) is 45.7 Å². The Morgan fingerprint density at radius 2 is 2.11 bits per heavy atom. The van der Waals surface area contributed by atoms with Gasteiger partial charge < -0.3 is 5.32 Å². The molecule has 1 N–H and O–H groups in total. The third-order valence-corrected chi connectivity index (χ3v) is 3.60. The standard InChI is InChI=1S/C14H22N4O/c1-11(2)13(10-18-15-8-9-16-18)17-14(19)12-6-4-3-5-7-12/h3-4,8-9,11-13H,5-7,10H2,1-2H3,(H,17,19). The zero-order chi connectivity index (χ0) is 13.7. The highest BCUT2D eigenvalue weighted by Gasteiger charge is 2.23. The maximum Gasteiger partial charge on any atom is 0.223 e. The van der Waals surface area contributed by atoms with Gasteiger partial charge in [0.2, 0.25) is 5.91 Å². The number of amides is 1. The van der Waals surface area contributed by atoms with Crippen molar-refractivity contribution in [3.63, 3.8) is 0 Å². The molecule has 5 nitrogen and oxygen atoms in total. The normalized spacial score (nSPS) is 20.5. The third kappa shape index (κ3) is 3.91. The van der Waals surface area contributed by atoms with E-state index in [4.69, 9.17) is 0 Å². The average molecular weight is 262 g/mol. The van der Waals surface area contributed by atoms with Crippen molar-refractivity contribution in [1.82, 2.24) is 20.3 Å². The predicted molar refractivity (Wildman–Crippen MR) is 73.3 cm³/mol. The van der Waals surface area contributed by atoms with Crippen molar-refractivity contribution in [2.24, 2.45) is 11.8 Å². The molecular weight excluding hydrogens is 240 g/mol. The van der Waals surface area contributed by atoms with Crippen LogP contribution in [0, 0.1) is 11.8 Å². The second-order valence-corrected chi connectivity index (χ2v) is 5.42. The Bertz CT molecular complexity index is 425. The van der Waals surface area contributed by atoms with Crippen molar-refractivity contribution < 1.29 is 4.79 Å². The Kier molecular flexibility index (Phi) is 4.71. The largest absolute Gasteiger partial charge is 0.351 e. The fourth-order valence-corrected chi connectivity index (χ4v) is 2.27.